The molecule has 1 aromatic carbocycles. The molecule has 0 aliphatic heterocycles. The Labute approximate surface area is 117 Å². The highest BCUT2D eigenvalue weighted by Crippen LogP contribution is 2.26. The minimum absolute atomic E-state index is 0.392. The molecule has 0 saturated heterocycles. The van der Waals surface area contributed by atoms with Gasteiger partial charge in [0.2, 0.25) is 0 Å². The van der Waals surface area contributed by atoms with E-state index in [2.05, 4.69) is 4.98 Å². The fraction of sp³-hybridized carbons (Fsp3) is 0.250. The van der Waals surface area contributed by atoms with Gasteiger partial charge in [0.15, 0.2) is 0 Å². The van der Waals surface area contributed by atoms with Gasteiger partial charge in [-0.05, 0) is 32.0 Å². The van der Waals surface area contributed by atoms with E-state index in [9.17, 15) is 4.21 Å². The van der Waals surface area contributed by atoms with Crippen LogP contribution in [0.25, 0.3) is 0 Å². The van der Waals surface area contributed by atoms with Crippen LogP contribution < -0.4 is 5.73 Å². The standard InChI is InChI=1S/C12H13ClN2OS2/c1-7-8(2)17-12(15-7)6-18(16)11-4-3-9(14)5-10(11)13/h3-5H,6,14H2,1-2H3. The van der Waals surface area contributed by atoms with Crippen LogP contribution in [0.15, 0.2) is 23.1 Å². The average molecular weight is 301 g/mol. The van der Waals surface area contributed by atoms with Gasteiger partial charge in [0.05, 0.1) is 32.2 Å². The summed E-state index contributed by atoms with van der Waals surface area (Å²) in [5.41, 5.74) is 7.18. The second-order valence-electron chi connectivity index (χ2n) is 3.93. The van der Waals surface area contributed by atoms with E-state index in [1.165, 1.54) is 0 Å². The highest BCUT2D eigenvalue weighted by molar-refractivity contribution is 7.84. The zero-order valence-electron chi connectivity index (χ0n) is 10.1. The molecule has 6 heteroatoms. The Hall–Kier alpha value is -0.910. The summed E-state index contributed by atoms with van der Waals surface area (Å²) < 4.78 is 12.2. The molecule has 0 saturated carbocycles. The summed E-state index contributed by atoms with van der Waals surface area (Å²) >= 11 is 7.61. The predicted molar refractivity (Wildman–Crippen MR) is 77.6 cm³/mol. The lowest BCUT2D eigenvalue weighted by Crippen LogP contribution is -1.98. The summed E-state index contributed by atoms with van der Waals surface area (Å²) in [4.78, 5) is 6.15. The van der Waals surface area contributed by atoms with Crippen molar-refractivity contribution in [1.29, 1.82) is 0 Å². The zero-order chi connectivity index (χ0) is 13.3. The summed E-state index contributed by atoms with van der Waals surface area (Å²) in [6.07, 6.45) is 0. The van der Waals surface area contributed by atoms with Gasteiger partial charge in [0.1, 0.15) is 5.01 Å². The molecule has 0 spiro atoms. The first-order valence-electron chi connectivity index (χ1n) is 5.33. The molecular formula is C12H13ClN2OS2. The van der Waals surface area contributed by atoms with Crippen LogP contribution in [-0.4, -0.2) is 9.19 Å². The molecular weight excluding hydrogens is 288 g/mol. The molecule has 1 heterocycles. The molecule has 2 rings (SSSR count). The van der Waals surface area contributed by atoms with E-state index >= 15 is 0 Å². The fourth-order valence-corrected chi connectivity index (χ4v) is 4.17. The number of halogens is 1. The van der Waals surface area contributed by atoms with Gasteiger partial charge in [0.25, 0.3) is 0 Å². The first kappa shape index (κ1) is 13.5. The fourth-order valence-electron chi connectivity index (χ4n) is 1.49. The van der Waals surface area contributed by atoms with Crippen molar-refractivity contribution < 1.29 is 4.21 Å². The van der Waals surface area contributed by atoms with E-state index in [0.29, 0.717) is 21.4 Å². The Morgan fingerprint density at radius 1 is 1.44 bits per heavy atom. The molecule has 1 atom stereocenters. The van der Waals surface area contributed by atoms with Crippen LogP contribution >= 0.6 is 22.9 Å². The summed E-state index contributed by atoms with van der Waals surface area (Å²) in [5, 5.41) is 1.31. The number of nitrogens with two attached hydrogens (primary N) is 1. The van der Waals surface area contributed by atoms with Crippen LogP contribution in [0.3, 0.4) is 0 Å². The van der Waals surface area contributed by atoms with Gasteiger partial charge in [-0.2, -0.15) is 0 Å². The molecule has 3 nitrogen and oxygen atoms in total. The van der Waals surface area contributed by atoms with Gasteiger partial charge in [0, 0.05) is 10.6 Å². The van der Waals surface area contributed by atoms with E-state index in [0.717, 1.165) is 15.6 Å². The van der Waals surface area contributed by atoms with Crippen LogP contribution in [0.5, 0.6) is 0 Å². The normalized spacial score (nSPS) is 12.6. The van der Waals surface area contributed by atoms with Gasteiger partial charge in [-0.3, -0.25) is 4.21 Å². The summed E-state index contributed by atoms with van der Waals surface area (Å²) in [6, 6.07) is 5.03. The number of aromatic nitrogens is 1. The lowest BCUT2D eigenvalue weighted by molar-refractivity contribution is 0.682. The quantitative estimate of drug-likeness (QED) is 0.885. The number of hydrogen-bond acceptors (Lipinski definition) is 4. The van der Waals surface area contributed by atoms with E-state index in [4.69, 9.17) is 17.3 Å². The van der Waals surface area contributed by atoms with Crippen LogP contribution in [0.4, 0.5) is 5.69 Å². The van der Waals surface area contributed by atoms with Crippen LogP contribution in [0.2, 0.25) is 5.02 Å². The Kier molecular flexibility index (Phi) is 4.04. The zero-order valence-corrected chi connectivity index (χ0v) is 12.5. The molecule has 0 bridgehead atoms. The van der Waals surface area contributed by atoms with Crippen molar-refractivity contribution in [3.05, 3.63) is 38.8 Å². The number of aryl methyl sites for hydroxylation is 2. The number of rotatable bonds is 3. The molecule has 2 aromatic rings. The molecule has 1 unspecified atom stereocenters. The molecule has 1 aromatic heterocycles. The first-order valence-corrected chi connectivity index (χ1v) is 7.85. The van der Waals surface area contributed by atoms with Gasteiger partial charge in [-0.25, -0.2) is 4.98 Å². The lowest BCUT2D eigenvalue weighted by Gasteiger charge is -2.03. The van der Waals surface area contributed by atoms with Gasteiger partial charge < -0.3 is 5.73 Å². The van der Waals surface area contributed by atoms with Crippen LogP contribution in [-0.2, 0) is 16.6 Å². The molecule has 0 aliphatic carbocycles. The second kappa shape index (κ2) is 5.38. The van der Waals surface area contributed by atoms with Crippen molar-refractivity contribution in [1.82, 2.24) is 4.98 Å². The largest absolute Gasteiger partial charge is 0.399 e. The lowest BCUT2D eigenvalue weighted by atomic mass is 10.3. The van der Waals surface area contributed by atoms with Gasteiger partial charge >= 0.3 is 0 Å². The highest BCUT2D eigenvalue weighted by atomic mass is 35.5. The third-order valence-electron chi connectivity index (χ3n) is 2.53. The minimum atomic E-state index is -1.19. The Morgan fingerprint density at radius 2 is 2.17 bits per heavy atom. The van der Waals surface area contributed by atoms with E-state index < -0.39 is 10.8 Å². The SMILES string of the molecule is Cc1nc(CS(=O)c2ccc(N)cc2Cl)sc1C. The average Bonchev–Trinajstić information content (AvgIpc) is 2.57. The minimum Gasteiger partial charge on any atom is -0.399 e. The van der Waals surface area contributed by atoms with Crippen molar-refractivity contribution >= 4 is 39.4 Å². The summed E-state index contributed by atoms with van der Waals surface area (Å²) in [5.74, 6) is 0.392. The van der Waals surface area contributed by atoms with Gasteiger partial charge in [-0.1, -0.05) is 11.6 Å². The number of benzene rings is 1. The maximum atomic E-state index is 12.2. The number of nitrogen functional groups attached to an aromatic ring is 1. The third kappa shape index (κ3) is 2.91. The Balaban J connectivity index is 2.22. The number of nitrogens with zero attached hydrogens (tertiary/aromatic N) is 1. The van der Waals surface area contributed by atoms with E-state index in [-0.39, 0.29) is 0 Å². The molecule has 0 fully saturated rings. The first-order chi connectivity index (χ1) is 8.47. The molecule has 96 valence electrons. The maximum Gasteiger partial charge on any atom is 0.106 e. The monoisotopic (exact) mass is 300 g/mol. The molecule has 2 N–H and O–H groups in total. The number of anilines is 1. The maximum absolute atomic E-state index is 12.2. The van der Waals surface area contributed by atoms with Crippen molar-refractivity contribution in [2.45, 2.75) is 24.5 Å². The molecule has 18 heavy (non-hydrogen) atoms. The van der Waals surface area contributed by atoms with E-state index in [1.807, 2.05) is 13.8 Å². The summed E-state index contributed by atoms with van der Waals surface area (Å²) in [6.45, 7) is 3.96. The number of hydrogen-bond donors (Lipinski definition) is 1. The van der Waals surface area contributed by atoms with E-state index in [1.54, 1.807) is 29.5 Å². The topological polar surface area (TPSA) is 56.0 Å². The Bertz CT molecular complexity index is 591. The molecule has 0 aliphatic rings. The number of thiazole rings is 1. The van der Waals surface area contributed by atoms with Crippen LogP contribution in [0.1, 0.15) is 15.6 Å². The smallest absolute Gasteiger partial charge is 0.106 e. The van der Waals surface area contributed by atoms with Crippen molar-refractivity contribution in [3.8, 4) is 0 Å². The van der Waals surface area contributed by atoms with Crippen molar-refractivity contribution in [2.24, 2.45) is 0 Å². The molecule has 0 radical (unpaired) electrons. The molecule has 0 amide bonds. The summed E-state index contributed by atoms with van der Waals surface area (Å²) in [7, 11) is -1.19. The highest BCUT2D eigenvalue weighted by Gasteiger charge is 2.12. The Morgan fingerprint density at radius 3 is 2.72 bits per heavy atom. The van der Waals surface area contributed by atoms with Crippen molar-refractivity contribution in [2.75, 3.05) is 5.73 Å². The van der Waals surface area contributed by atoms with Gasteiger partial charge in [-0.15, -0.1) is 11.3 Å². The van der Waals surface area contributed by atoms with Crippen molar-refractivity contribution in [3.63, 3.8) is 0 Å². The third-order valence-corrected chi connectivity index (χ3v) is 5.59. The predicted octanol–water partition coefficient (Wildman–Crippen LogP) is 3.30. The van der Waals surface area contributed by atoms with Crippen LogP contribution in [0, 0.1) is 13.8 Å². The second-order valence-corrected chi connectivity index (χ2v) is 7.04.